The van der Waals surface area contributed by atoms with E-state index < -0.39 is 50.8 Å². The number of carbonyl (C=O) groups is 3. The number of amides is 1. The highest BCUT2D eigenvalue weighted by molar-refractivity contribution is 8.19. The molecule has 1 amide bonds. The molecule has 0 saturated heterocycles. The van der Waals surface area contributed by atoms with Gasteiger partial charge in [-0.3, -0.25) is 4.79 Å². The van der Waals surface area contributed by atoms with Gasteiger partial charge in [0.15, 0.2) is 5.75 Å². The number of hydrogen-bond donors (Lipinski definition) is 9. The zero-order valence-electron chi connectivity index (χ0n) is 31.6. The fourth-order valence-electron chi connectivity index (χ4n) is 5.69. The molecule has 0 saturated carbocycles. The third-order valence-corrected chi connectivity index (χ3v) is 9.42. The summed E-state index contributed by atoms with van der Waals surface area (Å²) in [5.74, 6) is -4.13. The van der Waals surface area contributed by atoms with Crippen LogP contribution in [0.15, 0.2) is 133 Å². The lowest BCUT2D eigenvalue weighted by molar-refractivity contribution is -0.114. The number of ether oxygens (including phenoxy) is 1. The fraction of sp³-hybridized carbons (Fsp3) is 0.0750. The Hall–Kier alpha value is -7.78. The van der Waals surface area contributed by atoms with E-state index in [0.717, 1.165) is 30.0 Å². The number of aromatic hydroxyl groups is 2. The zero-order chi connectivity index (χ0) is 43.3. The third-order valence-electron chi connectivity index (χ3n) is 8.52. The number of methoxy groups -OCH3 is 1. The van der Waals surface area contributed by atoms with Crippen molar-refractivity contribution in [3.05, 3.63) is 114 Å². The smallest absolute Gasteiger partial charge is 0.335 e. The Labute approximate surface area is 341 Å². The number of phenolic OH excluding ortho intramolecular Hbond substituents is 2. The quantitative estimate of drug-likeness (QED) is 0.0387. The summed E-state index contributed by atoms with van der Waals surface area (Å²) in [7, 11) is -3.13. The van der Waals surface area contributed by atoms with Crippen molar-refractivity contribution in [1.82, 2.24) is 0 Å². The lowest BCUT2D eigenvalue weighted by Gasteiger charge is -2.22. The number of carboxylic acid groups (broad SMARTS) is 2. The van der Waals surface area contributed by atoms with E-state index >= 15 is 0 Å². The molecule has 0 radical (unpaired) electrons. The maximum atomic E-state index is 12.2. The first kappa shape index (κ1) is 41.8. The first-order valence-electron chi connectivity index (χ1n) is 17.3. The largest absolute Gasteiger partial charge is 0.506 e. The van der Waals surface area contributed by atoms with Gasteiger partial charge >= 0.3 is 11.9 Å². The van der Waals surface area contributed by atoms with Crippen molar-refractivity contribution in [2.45, 2.75) is 18.7 Å². The number of aryl methyl sites for hydroxylation is 1. The Kier molecular flexibility index (Phi) is 12.1. The number of benzene rings is 6. The minimum Gasteiger partial charge on any atom is -0.506 e. The molecule has 0 atom stereocenters. The van der Waals surface area contributed by atoms with Crippen LogP contribution in [-0.2, 0) is 4.79 Å². The number of para-hydroxylation sites is 1. The molecule has 0 aliphatic carbocycles. The van der Waals surface area contributed by atoms with Crippen LogP contribution in [0.5, 0.6) is 17.2 Å². The zero-order valence-corrected chi connectivity index (χ0v) is 32.4. The molecule has 60 heavy (non-hydrogen) atoms. The average Bonchev–Trinajstić information content (AvgIpc) is 3.19. The summed E-state index contributed by atoms with van der Waals surface area (Å²) >= 11 is 0. The molecule has 6 aromatic rings. The Morgan fingerprint density at radius 3 is 1.95 bits per heavy atom. The minimum absolute atomic E-state index is 0.0104. The molecule has 6 rings (SSSR count). The summed E-state index contributed by atoms with van der Waals surface area (Å²) < 4.78 is 36.5. The number of carboxylic acids is 2. The maximum Gasteiger partial charge on any atom is 0.335 e. The van der Waals surface area contributed by atoms with Gasteiger partial charge in [-0.15, -0.1) is 20.5 Å². The van der Waals surface area contributed by atoms with E-state index in [0.29, 0.717) is 16.6 Å². The van der Waals surface area contributed by atoms with Crippen molar-refractivity contribution in [1.29, 1.82) is 0 Å². The van der Waals surface area contributed by atoms with Gasteiger partial charge in [0.05, 0.1) is 40.2 Å². The van der Waals surface area contributed by atoms with Crippen molar-refractivity contribution in [3.63, 3.8) is 0 Å². The molecule has 0 aliphatic heterocycles. The van der Waals surface area contributed by atoms with Gasteiger partial charge in [0, 0.05) is 35.8 Å². The molecular formula is C40H34N8O11S. The van der Waals surface area contributed by atoms with Crippen LogP contribution in [0.2, 0.25) is 0 Å². The number of rotatable bonds is 13. The molecule has 6 aromatic carbocycles. The van der Waals surface area contributed by atoms with E-state index in [1.807, 2.05) is 30.3 Å². The molecule has 0 bridgehead atoms. The minimum atomic E-state index is -4.48. The van der Waals surface area contributed by atoms with E-state index in [9.17, 15) is 48.5 Å². The second kappa shape index (κ2) is 17.4. The number of hydrogen-bond acceptors (Lipinski definition) is 16. The topological polar surface area (TPSA) is 300 Å². The number of aromatic carboxylic acids is 2. The Balaban J connectivity index is 1.32. The summed E-state index contributed by atoms with van der Waals surface area (Å²) in [6, 6.07) is 24.0. The highest BCUT2D eigenvalue weighted by Gasteiger charge is 2.26. The second-order valence-electron chi connectivity index (χ2n) is 12.8. The van der Waals surface area contributed by atoms with Crippen LogP contribution in [0.1, 0.15) is 33.2 Å². The van der Waals surface area contributed by atoms with E-state index in [2.05, 4.69) is 41.3 Å². The Morgan fingerprint density at radius 1 is 0.667 bits per heavy atom. The van der Waals surface area contributed by atoms with Gasteiger partial charge in [0.1, 0.15) is 45.1 Å². The van der Waals surface area contributed by atoms with Crippen molar-refractivity contribution in [2.24, 2.45) is 30.7 Å². The van der Waals surface area contributed by atoms with E-state index in [4.69, 9.17) is 4.74 Å². The highest BCUT2D eigenvalue weighted by Crippen LogP contribution is 2.54. The predicted molar refractivity (Wildman–Crippen MR) is 222 cm³/mol. The average molecular weight is 835 g/mol. The lowest BCUT2D eigenvalue weighted by Crippen LogP contribution is -2.05. The predicted octanol–water partition coefficient (Wildman–Crippen LogP) is 11.5. The fourth-order valence-corrected chi connectivity index (χ4v) is 6.37. The highest BCUT2D eigenvalue weighted by atomic mass is 32.3. The molecule has 0 heterocycles. The number of nitrogens with zero attached hydrogens (tertiary/aromatic N) is 6. The summed E-state index contributed by atoms with van der Waals surface area (Å²) in [5.41, 5.74) is 0.933. The molecule has 0 fully saturated rings. The monoisotopic (exact) mass is 834 g/mol. The summed E-state index contributed by atoms with van der Waals surface area (Å²) in [4.78, 5) is 34.6. The summed E-state index contributed by atoms with van der Waals surface area (Å²) in [6.45, 7) is 2.88. The summed E-state index contributed by atoms with van der Waals surface area (Å²) in [6.07, 6.45) is 0. The molecule has 19 nitrogen and oxygen atoms in total. The maximum absolute atomic E-state index is 12.2. The van der Waals surface area contributed by atoms with Gasteiger partial charge in [0.25, 0.3) is 0 Å². The van der Waals surface area contributed by atoms with Crippen LogP contribution in [0.4, 0.5) is 51.2 Å². The first-order valence-corrected chi connectivity index (χ1v) is 18.8. The molecule has 0 spiro atoms. The molecular weight excluding hydrogens is 801 g/mol. The van der Waals surface area contributed by atoms with Crippen LogP contribution in [-0.4, -0.2) is 59.0 Å². The van der Waals surface area contributed by atoms with E-state index in [1.54, 1.807) is 25.1 Å². The molecule has 9 N–H and O–H groups in total. The van der Waals surface area contributed by atoms with E-state index in [1.165, 1.54) is 38.3 Å². The number of azo groups is 3. The van der Waals surface area contributed by atoms with Crippen LogP contribution in [0, 0.1) is 6.92 Å². The Bertz CT molecular complexity index is 2740. The number of nitrogens with one attached hydrogen (secondary N) is 2. The van der Waals surface area contributed by atoms with Gasteiger partial charge < -0.3 is 49.5 Å². The Morgan fingerprint density at radius 2 is 1.32 bits per heavy atom. The van der Waals surface area contributed by atoms with Crippen LogP contribution < -0.4 is 15.4 Å². The number of carbonyl (C=O) groups excluding carboxylic acids is 1. The van der Waals surface area contributed by atoms with Gasteiger partial charge in [-0.25, -0.2) is 9.59 Å². The molecule has 20 heteroatoms. The van der Waals surface area contributed by atoms with Crippen molar-refractivity contribution < 1.29 is 53.2 Å². The van der Waals surface area contributed by atoms with Crippen LogP contribution in [0.3, 0.4) is 0 Å². The van der Waals surface area contributed by atoms with Crippen molar-refractivity contribution in [3.8, 4) is 17.2 Å². The van der Waals surface area contributed by atoms with E-state index in [-0.39, 0.29) is 56.4 Å². The van der Waals surface area contributed by atoms with Crippen molar-refractivity contribution >= 4 is 90.7 Å². The normalized spacial score (nSPS) is 12.0. The SMILES string of the molecule is COc1cc(N=Nc2cc(C(=O)O)cc(C(=O)O)c2)c(C)cc1N=Nc1cc(O)c(N=Nc2c(S(O)(O)O)cc3cc(Nc4ccccc4)ccc3c2O)cc1NC(C)=O. The van der Waals surface area contributed by atoms with Crippen LogP contribution in [0.25, 0.3) is 10.8 Å². The molecule has 0 aromatic heterocycles. The number of anilines is 3. The van der Waals surface area contributed by atoms with Crippen molar-refractivity contribution in [2.75, 3.05) is 17.7 Å². The molecule has 306 valence electrons. The molecule has 0 aliphatic rings. The van der Waals surface area contributed by atoms with Gasteiger partial charge in [-0.2, -0.15) is 10.2 Å². The molecule has 0 unspecified atom stereocenters. The first-order chi connectivity index (χ1) is 28.5. The number of fused-ring (bicyclic) bond motifs is 1. The second-order valence-corrected chi connectivity index (χ2v) is 14.3. The third kappa shape index (κ3) is 9.66. The van der Waals surface area contributed by atoms with Gasteiger partial charge in [-0.1, -0.05) is 18.2 Å². The van der Waals surface area contributed by atoms with Gasteiger partial charge in [0.2, 0.25) is 5.91 Å². The summed E-state index contributed by atoms with van der Waals surface area (Å²) in [5, 5.41) is 71.8. The standard InChI is InChI=1S/C40H34N8O11S/c1-20-11-33(35(59-3)19-29(20)44-43-27-14-23(39(52)53)12-24(15-27)40(54)55)47-45-31-18-34(50)32(17-30(31)41-21(2)49)46-48-37-36(60(56,57)58)16-22-13-26(9-10-28(22)38(37)51)42-25-7-5-4-6-8-25/h4-19,42,50-51,56-58H,1-3H3,(H,41,49)(H,52,53)(H,54,55). The van der Waals surface area contributed by atoms with Crippen LogP contribution >= 0.6 is 10.9 Å². The number of phenols is 2. The van der Waals surface area contributed by atoms with Gasteiger partial charge in [-0.05, 0) is 84.6 Å². The lowest BCUT2D eigenvalue weighted by atomic mass is 10.1.